The Hall–Kier alpha value is -2.60. The zero-order valence-corrected chi connectivity index (χ0v) is 11.6. The number of ether oxygens (including phenoxy) is 2. The van der Waals surface area contributed by atoms with Crippen LogP contribution in [0.3, 0.4) is 0 Å². The van der Waals surface area contributed by atoms with Crippen molar-refractivity contribution in [3.8, 4) is 17.2 Å². The summed E-state index contributed by atoms with van der Waals surface area (Å²) < 4.78 is 10.5. The molecule has 2 aromatic carbocycles. The van der Waals surface area contributed by atoms with Crippen LogP contribution in [0, 0.1) is 10.1 Å². The molecule has 6 nitrogen and oxygen atoms in total. The minimum absolute atomic E-state index is 0.157. The number of aliphatic hydroxyl groups is 1. The summed E-state index contributed by atoms with van der Waals surface area (Å²) in [6, 6.07) is 11.2. The fraction of sp³-hybridized carbons (Fsp3) is 0.200. The van der Waals surface area contributed by atoms with Crippen LogP contribution in [0.1, 0.15) is 18.6 Å². The van der Waals surface area contributed by atoms with Crippen LogP contribution >= 0.6 is 0 Å². The van der Waals surface area contributed by atoms with Gasteiger partial charge in [-0.3, -0.25) is 10.1 Å². The Morgan fingerprint density at radius 3 is 2.29 bits per heavy atom. The van der Waals surface area contributed by atoms with Gasteiger partial charge in [-0.05, 0) is 36.8 Å². The van der Waals surface area contributed by atoms with Crippen molar-refractivity contribution < 1.29 is 19.5 Å². The van der Waals surface area contributed by atoms with Gasteiger partial charge in [0, 0.05) is 0 Å². The molecule has 0 spiro atoms. The largest absolute Gasteiger partial charge is 0.490 e. The third kappa shape index (κ3) is 3.49. The van der Waals surface area contributed by atoms with Crippen molar-refractivity contribution in [1.82, 2.24) is 0 Å². The van der Waals surface area contributed by atoms with Gasteiger partial charge in [0.25, 0.3) is 0 Å². The Balaban J connectivity index is 2.23. The lowest BCUT2D eigenvalue weighted by molar-refractivity contribution is -0.385. The minimum atomic E-state index is -0.555. The van der Waals surface area contributed by atoms with Crippen molar-refractivity contribution in [2.24, 2.45) is 0 Å². The maximum absolute atomic E-state index is 10.9. The van der Waals surface area contributed by atoms with Crippen LogP contribution in [-0.2, 0) is 0 Å². The molecule has 1 atom stereocenters. The summed E-state index contributed by atoms with van der Waals surface area (Å²) in [4.78, 5) is 10.4. The normalized spacial score (nSPS) is 11.8. The lowest BCUT2D eigenvalue weighted by Gasteiger charge is -2.09. The first kappa shape index (κ1) is 14.8. The van der Waals surface area contributed by atoms with Gasteiger partial charge in [-0.2, -0.15) is 0 Å². The van der Waals surface area contributed by atoms with Crippen molar-refractivity contribution in [3.63, 3.8) is 0 Å². The van der Waals surface area contributed by atoms with Gasteiger partial charge in [0.1, 0.15) is 11.5 Å². The lowest BCUT2D eigenvalue weighted by atomic mass is 10.1. The van der Waals surface area contributed by atoms with Crippen LogP contribution in [0.4, 0.5) is 5.69 Å². The van der Waals surface area contributed by atoms with E-state index in [2.05, 4.69) is 0 Å². The second-order valence-electron chi connectivity index (χ2n) is 4.44. The second kappa shape index (κ2) is 6.23. The lowest BCUT2D eigenvalue weighted by Crippen LogP contribution is -1.95. The number of benzene rings is 2. The predicted octanol–water partition coefficient (Wildman–Crippen LogP) is 3.45. The molecular weight excluding hydrogens is 274 g/mol. The van der Waals surface area contributed by atoms with Crippen LogP contribution in [-0.4, -0.2) is 17.1 Å². The average Bonchev–Trinajstić information content (AvgIpc) is 2.47. The molecule has 6 heteroatoms. The van der Waals surface area contributed by atoms with Crippen LogP contribution < -0.4 is 9.47 Å². The molecule has 2 rings (SSSR count). The highest BCUT2D eigenvalue weighted by atomic mass is 16.6. The third-order valence-electron chi connectivity index (χ3n) is 2.95. The van der Waals surface area contributed by atoms with Crippen LogP contribution in [0.2, 0.25) is 0 Å². The molecule has 0 fully saturated rings. The number of hydrogen-bond acceptors (Lipinski definition) is 5. The summed E-state index contributed by atoms with van der Waals surface area (Å²) in [5.41, 5.74) is 0.610. The molecule has 0 aliphatic heterocycles. The molecule has 0 aliphatic carbocycles. The quantitative estimate of drug-likeness (QED) is 0.673. The van der Waals surface area contributed by atoms with E-state index in [-0.39, 0.29) is 11.4 Å². The summed E-state index contributed by atoms with van der Waals surface area (Å²) in [5, 5.41) is 20.4. The van der Waals surface area contributed by atoms with Crippen molar-refractivity contribution in [2.45, 2.75) is 13.0 Å². The van der Waals surface area contributed by atoms with Gasteiger partial charge in [-0.15, -0.1) is 0 Å². The fourth-order valence-electron chi connectivity index (χ4n) is 1.83. The zero-order chi connectivity index (χ0) is 15.4. The first-order valence-electron chi connectivity index (χ1n) is 6.29. The monoisotopic (exact) mass is 289 g/mol. The number of rotatable bonds is 5. The van der Waals surface area contributed by atoms with Crippen LogP contribution in [0.5, 0.6) is 17.2 Å². The number of nitro benzene ring substituents is 1. The Bertz CT molecular complexity index is 637. The van der Waals surface area contributed by atoms with Gasteiger partial charge in [-0.25, -0.2) is 0 Å². The number of nitro groups is 1. The Morgan fingerprint density at radius 1 is 1.14 bits per heavy atom. The molecule has 1 N–H and O–H groups in total. The summed E-state index contributed by atoms with van der Waals surface area (Å²) in [6.45, 7) is 1.67. The zero-order valence-electron chi connectivity index (χ0n) is 11.6. The van der Waals surface area contributed by atoms with Crippen LogP contribution in [0.25, 0.3) is 0 Å². The highest BCUT2D eigenvalue weighted by molar-refractivity contribution is 5.51. The van der Waals surface area contributed by atoms with E-state index in [4.69, 9.17) is 9.47 Å². The summed E-state index contributed by atoms with van der Waals surface area (Å²) in [7, 11) is 1.37. The number of nitrogens with zero attached hydrogens (tertiary/aromatic N) is 1. The van der Waals surface area contributed by atoms with Gasteiger partial charge in [-0.1, -0.05) is 12.1 Å². The number of methoxy groups -OCH3 is 1. The molecule has 110 valence electrons. The molecule has 0 bridgehead atoms. The summed E-state index contributed by atoms with van der Waals surface area (Å²) in [5.74, 6) is 1.04. The molecule has 0 aromatic heterocycles. The Kier molecular flexibility index (Phi) is 4.39. The maximum atomic E-state index is 10.9. The molecule has 2 aromatic rings. The van der Waals surface area contributed by atoms with Crippen molar-refractivity contribution in [2.75, 3.05) is 7.11 Å². The van der Waals surface area contributed by atoms with Gasteiger partial charge in [0.2, 0.25) is 0 Å². The topological polar surface area (TPSA) is 81.8 Å². The summed E-state index contributed by atoms with van der Waals surface area (Å²) >= 11 is 0. The van der Waals surface area contributed by atoms with Crippen molar-refractivity contribution in [1.29, 1.82) is 0 Å². The van der Waals surface area contributed by atoms with Crippen molar-refractivity contribution in [3.05, 3.63) is 58.1 Å². The third-order valence-corrected chi connectivity index (χ3v) is 2.95. The Morgan fingerprint density at radius 2 is 1.76 bits per heavy atom. The highest BCUT2D eigenvalue weighted by Crippen LogP contribution is 2.33. The smallest absolute Gasteiger partial charge is 0.314 e. The van der Waals surface area contributed by atoms with Gasteiger partial charge in [0.15, 0.2) is 5.75 Å². The molecule has 0 aliphatic rings. The molecule has 0 saturated carbocycles. The average molecular weight is 289 g/mol. The highest BCUT2D eigenvalue weighted by Gasteiger charge is 2.16. The minimum Gasteiger partial charge on any atom is -0.490 e. The van der Waals surface area contributed by atoms with E-state index in [1.807, 2.05) is 0 Å². The molecule has 0 amide bonds. The van der Waals surface area contributed by atoms with E-state index < -0.39 is 11.0 Å². The predicted molar refractivity (Wildman–Crippen MR) is 76.8 cm³/mol. The van der Waals surface area contributed by atoms with E-state index in [0.29, 0.717) is 11.5 Å². The first-order chi connectivity index (χ1) is 10.0. The molecule has 0 heterocycles. The van der Waals surface area contributed by atoms with E-state index in [1.54, 1.807) is 37.3 Å². The molecule has 0 saturated heterocycles. The van der Waals surface area contributed by atoms with E-state index in [0.717, 1.165) is 5.56 Å². The summed E-state index contributed by atoms with van der Waals surface area (Å²) in [6.07, 6.45) is -0.555. The fourth-order valence-corrected chi connectivity index (χ4v) is 1.83. The first-order valence-corrected chi connectivity index (χ1v) is 6.29. The Labute approximate surface area is 121 Å². The van der Waals surface area contributed by atoms with E-state index in [9.17, 15) is 15.2 Å². The van der Waals surface area contributed by atoms with Gasteiger partial charge in [0.05, 0.1) is 24.2 Å². The number of aliphatic hydroxyl groups excluding tert-OH is 1. The van der Waals surface area contributed by atoms with Crippen LogP contribution in [0.15, 0.2) is 42.5 Å². The maximum Gasteiger partial charge on any atom is 0.314 e. The van der Waals surface area contributed by atoms with E-state index in [1.165, 1.54) is 19.2 Å². The molecule has 21 heavy (non-hydrogen) atoms. The van der Waals surface area contributed by atoms with Gasteiger partial charge < -0.3 is 14.6 Å². The SMILES string of the molecule is COc1ccc(Oc2ccc(C(C)O)cc2)cc1[N+](=O)[O-]. The molecule has 0 radical (unpaired) electrons. The van der Waals surface area contributed by atoms with E-state index >= 15 is 0 Å². The molecule has 1 unspecified atom stereocenters. The molecular formula is C15H15NO5. The van der Waals surface area contributed by atoms with Gasteiger partial charge >= 0.3 is 5.69 Å². The van der Waals surface area contributed by atoms with Crippen molar-refractivity contribution >= 4 is 5.69 Å². The second-order valence-corrected chi connectivity index (χ2v) is 4.44. The standard InChI is InChI=1S/C15H15NO5/c1-10(17)11-3-5-12(6-4-11)21-13-7-8-15(20-2)14(9-13)16(18)19/h3-10,17H,1-2H3. The number of hydrogen-bond donors (Lipinski definition) is 1.